The number of nitrogens with zero attached hydrogens (tertiary/aromatic N) is 1. The monoisotopic (exact) mass is 136 g/mol. The Kier molecular flexibility index (Phi) is 1.90. The Labute approximate surface area is 60.8 Å². The number of hydrogen-bond acceptors (Lipinski definition) is 2. The fraction of sp³-hybridized carbons (Fsp3) is 0.250. The molecule has 0 aliphatic carbocycles. The summed E-state index contributed by atoms with van der Waals surface area (Å²) in [6, 6.07) is 0. The van der Waals surface area contributed by atoms with E-state index >= 15 is 0 Å². The van der Waals surface area contributed by atoms with Crippen LogP contribution in [0.25, 0.3) is 0 Å². The minimum absolute atomic E-state index is 0.112. The van der Waals surface area contributed by atoms with Crippen LogP contribution in [0, 0.1) is 5.92 Å². The molecule has 2 heteroatoms. The lowest BCUT2D eigenvalue weighted by molar-refractivity contribution is -0.114. The van der Waals surface area contributed by atoms with E-state index in [0.717, 1.165) is 5.92 Å². The molecule has 0 saturated heterocycles. The molecule has 53 valence electrons. The Morgan fingerprint density at radius 1 is 1.40 bits per heavy atom. The van der Waals surface area contributed by atoms with E-state index in [-0.39, 0.29) is 5.78 Å². The van der Waals surface area contributed by atoms with Gasteiger partial charge in [0.25, 0.3) is 0 Å². The van der Waals surface area contributed by atoms with Crippen molar-refractivity contribution in [2.75, 3.05) is 7.05 Å². The zero-order valence-electron chi connectivity index (χ0n) is 6.16. The van der Waals surface area contributed by atoms with Crippen LogP contribution in [0.1, 0.15) is 6.92 Å². The molecule has 2 nitrogen and oxygen atoms in total. The number of carbonyl (C=O) groups excluding carboxylic acids is 1. The predicted molar refractivity (Wildman–Crippen MR) is 40.0 cm³/mol. The summed E-state index contributed by atoms with van der Waals surface area (Å²) in [6.07, 6.45) is 7.33. The molecule has 0 saturated carbocycles. The van der Waals surface area contributed by atoms with Gasteiger partial charge in [0.2, 0.25) is 0 Å². The molecular formula is C8H10NO. The van der Waals surface area contributed by atoms with Crippen molar-refractivity contribution in [1.82, 2.24) is 4.90 Å². The summed E-state index contributed by atoms with van der Waals surface area (Å²) < 4.78 is 0. The van der Waals surface area contributed by atoms with E-state index in [1.807, 2.05) is 36.5 Å². The summed E-state index contributed by atoms with van der Waals surface area (Å²) in [7, 11) is 1.92. The fourth-order valence-electron chi connectivity index (χ4n) is 0.736. The highest BCUT2D eigenvalue weighted by Crippen LogP contribution is 2.11. The Hall–Kier alpha value is -1.05. The van der Waals surface area contributed by atoms with Gasteiger partial charge < -0.3 is 4.90 Å². The van der Waals surface area contributed by atoms with Crippen LogP contribution in [0.2, 0.25) is 0 Å². The van der Waals surface area contributed by atoms with Crippen molar-refractivity contribution < 1.29 is 4.79 Å². The van der Waals surface area contributed by atoms with E-state index in [0.29, 0.717) is 0 Å². The van der Waals surface area contributed by atoms with Crippen molar-refractivity contribution in [3.8, 4) is 0 Å². The molecule has 0 unspecified atom stereocenters. The normalized spacial score (nSPS) is 18.0. The number of hydrogen-bond donors (Lipinski definition) is 0. The molecule has 0 atom stereocenters. The van der Waals surface area contributed by atoms with Crippen molar-refractivity contribution in [2.24, 2.45) is 0 Å². The maximum Gasteiger partial charge on any atom is 0.145 e. The lowest BCUT2D eigenvalue weighted by Gasteiger charge is -2.13. The first-order valence-electron chi connectivity index (χ1n) is 3.16. The van der Waals surface area contributed by atoms with Gasteiger partial charge in [0, 0.05) is 19.4 Å². The van der Waals surface area contributed by atoms with Crippen molar-refractivity contribution in [3.63, 3.8) is 0 Å². The smallest absolute Gasteiger partial charge is 0.145 e. The molecule has 1 rings (SSSR count). The molecule has 10 heavy (non-hydrogen) atoms. The highest BCUT2D eigenvalue weighted by molar-refractivity contribution is 5.95. The number of allylic oxidation sites excluding steroid dienone is 2. The topological polar surface area (TPSA) is 20.3 Å². The zero-order valence-corrected chi connectivity index (χ0v) is 6.16. The Morgan fingerprint density at radius 3 is 2.30 bits per heavy atom. The second-order valence-electron chi connectivity index (χ2n) is 2.31. The molecule has 0 amide bonds. The summed E-state index contributed by atoms with van der Waals surface area (Å²) in [6.45, 7) is 1.56. The third-order valence-corrected chi connectivity index (χ3v) is 1.38. The predicted octanol–water partition coefficient (Wildman–Crippen LogP) is 1.12. The van der Waals surface area contributed by atoms with Gasteiger partial charge in [-0.25, -0.2) is 0 Å². The van der Waals surface area contributed by atoms with Crippen LogP contribution in [-0.4, -0.2) is 17.7 Å². The molecule has 1 aliphatic heterocycles. The molecular weight excluding hydrogens is 126 g/mol. The van der Waals surface area contributed by atoms with Crippen LogP contribution in [0.4, 0.5) is 0 Å². The summed E-state index contributed by atoms with van der Waals surface area (Å²) in [5, 5.41) is 0. The molecule has 0 spiro atoms. The van der Waals surface area contributed by atoms with Crippen LogP contribution >= 0.6 is 0 Å². The van der Waals surface area contributed by atoms with Gasteiger partial charge in [0.05, 0.1) is 5.92 Å². The largest absolute Gasteiger partial charge is 0.358 e. The Balaban J connectivity index is 2.62. The van der Waals surface area contributed by atoms with Crippen LogP contribution < -0.4 is 0 Å². The molecule has 0 aromatic rings. The van der Waals surface area contributed by atoms with E-state index in [1.54, 1.807) is 6.92 Å². The molecule has 1 aliphatic rings. The molecule has 1 heterocycles. The minimum atomic E-state index is 0.112. The first kappa shape index (κ1) is 7.06. The molecule has 0 fully saturated rings. The standard InChI is InChI=1S/C8H10NO/c1-7(10)8-3-5-9(2)6-4-8/h3-6H,1-2H3. The Bertz CT molecular complexity index is 179. The van der Waals surface area contributed by atoms with Gasteiger partial charge in [-0.1, -0.05) is 0 Å². The van der Waals surface area contributed by atoms with Gasteiger partial charge in [-0.2, -0.15) is 0 Å². The second kappa shape index (κ2) is 2.69. The number of carbonyl (C=O) groups is 1. The minimum Gasteiger partial charge on any atom is -0.358 e. The molecule has 1 radical (unpaired) electrons. The van der Waals surface area contributed by atoms with Gasteiger partial charge >= 0.3 is 0 Å². The van der Waals surface area contributed by atoms with E-state index in [9.17, 15) is 4.79 Å². The number of rotatable bonds is 1. The third kappa shape index (κ3) is 1.47. The summed E-state index contributed by atoms with van der Waals surface area (Å²) >= 11 is 0. The highest BCUT2D eigenvalue weighted by atomic mass is 16.1. The first-order valence-corrected chi connectivity index (χ1v) is 3.16. The summed E-state index contributed by atoms with van der Waals surface area (Å²) in [5.74, 6) is 0.874. The van der Waals surface area contributed by atoms with Gasteiger partial charge in [-0.05, 0) is 19.1 Å². The lowest BCUT2D eigenvalue weighted by Crippen LogP contribution is -2.11. The van der Waals surface area contributed by atoms with E-state index < -0.39 is 0 Å². The quantitative estimate of drug-likeness (QED) is 0.538. The van der Waals surface area contributed by atoms with Gasteiger partial charge in [0.15, 0.2) is 0 Å². The third-order valence-electron chi connectivity index (χ3n) is 1.38. The summed E-state index contributed by atoms with van der Waals surface area (Å²) in [4.78, 5) is 12.6. The van der Waals surface area contributed by atoms with Crippen molar-refractivity contribution in [3.05, 3.63) is 30.5 Å². The van der Waals surface area contributed by atoms with Crippen LogP contribution in [0.3, 0.4) is 0 Å². The fourth-order valence-corrected chi connectivity index (χ4v) is 0.736. The highest BCUT2D eigenvalue weighted by Gasteiger charge is 2.09. The van der Waals surface area contributed by atoms with E-state index in [2.05, 4.69) is 0 Å². The van der Waals surface area contributed by atoms with Crippen molar-refractivity contribution in [2.45, 2.75) is 6.92 Å². The number of ketones is 1. The average molecular weight is 136 g/mol. The maximum absolute atomic E-state index is 10.7. The van der Waals surface area contributed by atoms with Gasteiger partial charge in [0.1, 0.15) is 5.78 Å². The Morgan fingerprint density at radius 2 is 1.90 bits per heavy atom. The molecule has 0 aromatic carbocycles. The van der Waals surface area contributed by atoms with Crippen molar-refractivity contribution >= 4 is 5.78 Å². The SMILES string of the molecule is CC(=O)[C]1C=CN(C)C=C1. The summed E-state index contributed by atoms with van der Waals surface area (Å²) in [5.41, 5.74) is 0. The van der Waals surface area contributed by atoms with Gasteiger partial charge in [-0.3, -0.25) is 4.79 Å². The second-order valence-corrected chi connectivity index (χ2v) is 2.31. The van der Waals surface area contributed by atoms with Crippen LogP contribution in [0.15, 0.2) is 24.6 Å². The van der Waals surface area contributed by atoms with Crippen molar-refractivity contribution in [1.29, 1.82) is 0 Å². The molecule has 0 N–H and O–H groups in total. The van der Waals surface area contributed by atoms with Gasteiger partial charge in [-0.15, -0.1) is 0 Å². The van der Waals surface area contributed by atoms with Crippen LogP contribution in [0.5, 0.6) is 0 Å². The average Bonchev–Trinajstić information content (AvgIpc) is 1.88. The van der Waals surface area contributed by atoms with Crippen LogP contribution in [-0.2, 0) is 4.79 Å². The zero-order chi connectivity index (χ0) is 7.56. The van der Waals surface area contributed by atoms with E-state index in [1.165, 1.54) is 0 Å². The maximum atomic E-state index is 10.7. The number of Topliss-reactive ketones (excluding diaryl/α,β-unsaturated/α-hetero) is 1. The lowest BCUT2D eigenvalue weighted by atomic mass is 10.0. The molecule has 0 aromatic heterocycles. The van der Waals surface area contributed by atoms with E-state index in [4.69, 9.17) is 0 Å². The first-order chi connectivity index (χ1) is 4.70. The molecule has 0 bridgehead atoms.